The summed E-state index contributed by atoms with van der Waals surface area (Å²) < 4.78 is 5.76. The largest absolute Gasteiger partial charge is 0.480 e. The van der Waals surface area contributed by atoms with Crippen molar-refractivity contribution in [3.05, 3.63) is 95.6 Å². The van der Waals surface area contributed by atoms with E-state index in [4.69, 9.17) is 4.74 Å². The number of benzene rings is 3. The zero-order valence-corrected chi connectivity index (χ0v) is 21.9. The molecule has 2 amide bonds. The number of carbonyl (C=O) groups is 3. The Labute approximate surface area is 228 Å². The summed E-state index contributed by atoms with van der Waals surface area (Å²) in [6.07, 6.45) is 3.41. The quantitative estimate of drug-likeness (QED) is 0.359. The number of nitrogens with zero attached hydrogens (tertiary/aromatic N) is 1. The summed E-state index contributed by atoms with van der Waals surface area (Å²) in [7, 11) is 0. The first-order valence-electron chi connectivity index (χ1n) is 13.6. The van der Waals surface area contributed by atoms with Crippen LogP contribution in [0, 0.1) is 5.92 Å². The molecule has 2 N–H and O–H groups in total. The fourth-order valence-electron chi connectivity index (χ4n) is 6.00. The maximum Gasteiger partial charge on any atom is 0.407 e. The molecule has 2 aliphatic carbocycles. The highest BCUT2D eigenvalue weighted by Gasteiger charge is 2.32. The third kappa shape index (κ3) is 6.30. The second kappa shape index (κ2) is 12.2. The van der Waals surface area contributed by atoms with E-state index in [1.54, 1.807) is 0 Å². The molecule has 39 heavy (non-hydrogen) atoms. The normalized spacial score (nSPS) is 15.3. The number of carbonyl (C=O) groups excluding carboxylic acids is 2. The van der Waals surface area contributed by atoms with Crippen LogP contribution in [0.25, 0.3) is 11.1 Å². The molecule has 202 valence electrons. The van der Waals surface area contributed by atoms with E-state index in [-0.39, 0.29) is 37.3 Å². The third-order valence-electron chi connectivity index (χ3n) is 7.91. The number of alkyl carbamates (subject to hydrolysis) is 1. The lowest BCUT2D eigenvalue weighted by Crippen LogP contribution is -2.45. The molecule has 1 atom stereocenters. The van der Waals surface area contributed by atoms with Gasteiger partial charge in [-0.25, -0.2) is 4.79 Å². The summed E-state index contributed by atoms with van der Waals surface area (Å²) in [5.41, 5.74) is 5.45. The smallest absolute Gasteiger partial charge is 0.407 e. The highest BCUT2D eigenvalue weighted by molar-refractivity contribution is 5.82. The molecule has 3 aromatic carbocycles. The number of amides is 2. The minimum atomic E-state index is -1.07. The summed E-state index contributed by atoms with van der Waals surface area (Å²) in [5.74, 6) is -1.26. The number of carboxylic acid groups (broad SMARTS) is 1. The molecule has 3 aromatic rings. The van der Waals surface area contributed by atoms with E-state index in [0.29, 0.717) is 0 Å². The number of carboxylic acids is 1. The van der Waals surface area contributed by atoms with Gasteiger partial charge in [0.05, 0.1) is 0 Å². The van der Waals surface area contributed by atoms with Gasteiger partial charge in [0, 0.05) is 24.9 Å². The zero-order chi connectivity index (χ0) is 27.2. The average Bonchev–Trinajstić information content (AvgIpc) is 3.59. The number of rotatable bonds is 10. The van der Waals surface area contributed by atoms with Gasteiger partial charge in [0.2, 0.25) is 5.91 Å². The topological polar surface area (TPSA) is 95.9 Å². The summed E-state index contributed by atoms with van der Waals surface area (Å²) in [6, 6.07) is 25.3. The van der Waals surface area contributed by atoms with Crippen molar-refractivity contribution in [2.75, 3.05) is 13.2 Å². The first-order chi connectivity index (χ1) is 19.0. The van der Waals surface area contributed by atoms with Crippen molar-refractivity contribution in [2.45, 2.75) is 50.6 Å². The van der Waals surface area contributed by atoms with E-state index in [2.05, 4.69) is 29.6 Å². The summed E-state index contributed by atoms with van der Waals surface area (Å²) >= 11 is 0. The van der Waals surface area contributed by atoms with Gasteiger partial charge in [-0.15, -0.1) is 0 Å². The van der Waals surface area contributed by atoms with E-state index >= 15 is 0 Å². The van der Waals surface area contributed by atoms with Crippen LogP contribution in [0.1, 0.15) is 54.7 Å². The van der Waals surface area contributed by atoms with Crippen LogP contribution in [-0.4, -0.2) is 47.2 Å². The van der Waals surface area contributed by atoms with Gasteiger partial charge in [-0.1, -0.05) is 91.7 Å². The lowest BCUT2D eigenvalue weighted by atomic mass is 9.94. The van der Waals surface area contributed by atoms with Gasteiger partial charge in [-0.05, 0) is 46.6 Å². The minimum absolute atomic E-state index is 0.0367. The van der Waals surface area contributed by atoms with Gasteiger partial charge in [-0.2, -0.15) is 0 Å². The molecule has 0 spiro atoms. The van der Waals surface area contributed by atoms with Crippen LogP contribution in [0.4, 0.5) is 4.79 Å². The molecule has 0 saturated heterocycles. The second-order valence-corrected chi connectivity index (χ2v) is 10.5. The van der Waals surface area contributed by atoms with Gasteiger partial charge >= 0.3 is 12.1 Å². The molecular weight excluding hydrogens is 492 g/mol. The van der Waals surface area contributed by atoms with Crippen molar-refractivity contribution in [2.24, 2.45) is 5.92 Å². The molecule has 0 heterocycles. The van der Waals surface area contributed by atoms with Gasteiger partial charge in [0.1, 0.15) is 13.2 Å². The molecule has 0 aromatic heterocycles. The molecule has 1 saturated carbocycles. The Balaban J connectivity index is 1.25. The number of fused-ring (bicyclic) bond motifs is 3. The Kier molecular flexibility index (Phi) is 8.25. The SMILES string of the molecule is O=C(O)CN(Cc1ccccc1)C(=O)CC(NC(=O)OCC1c2ccccc2-c2ccccc21)C1CCCC1. The molecule has 7 heteroatoms. The minimum Gasteiger partial charge on any atom is -0.480 e. The van der Waals surface area contributed by atoms with Crippen LogP contribution >= 0.6 is 0 Å². The molecule has 1 fully saturated rings. The first kappa shape index (κ1) is 26.5. The van der Waals surface area contributed by atoms with Gasteiger partial charge in [0.15, 0.2) is 0 Å². The predicted molar refractivity (Wildman–Crippen MR) is 148 cm³/mol. The van der Waals surface area contributed by atoms with Crippen molar-refractivity contribution in [1.82, 2.24) is 10.2 Å². The molecule has 0 radical (unpaired) electrons. The van der Waals surface area contributed by atoms with E-state index in [1.807, 2.05) is 54.6 Å². The van der Waals surface area contributed by atoms with Crippen LogP contribution < -0.4 is 5.32 Å². The number of aliphatic carboxylic acids is 1. The van der Waals surface area contributed by atoms with Crippen LogP contribution in [0.3, 0.4) is 0 Å². The maximum absolute atomic E-state index is 13.3. The van der Waals surface area contributed by atoms with Crippen LogP contribution in [0.5, 0.6) is 0 Å². The predicted octanol–water partition coefficient (Wildman–Crippen LogP) is 5.59. The Hall–Kier alpha value is -4.13. The van der Waals surface area contributed by atoms with E-state index < -0.39 is 24.6 Å². The molecular formula is C32H34N2O5. The first-order valence-corrected chi connectivity index (χ1v) is 13.6. The Morgan fingerprint density at radius 3 is 2.08 bits per heavy atom. The molecule has 0 bridgehead atoms. The Morgan fingerprint density at radius 1 is 0.872 bits per heavy atom. The monoisotopic (exact) mass is 526 g/mol. The van der Waals surface area contributed by atoms with Gasteiger partial charge in [0.25, 0.3) is 0 Å². The summed E-state index contributed by atoms with van der Waals surface area (Å²) in [6.45, 7) is 0.00863. The lowest BCUT2D eigenvalue weighted by Gasteiger charge is -2.28. The van der Waals surface area contributed by atoms with E-state index in [0.717, 1.165) is 53.5 Å². The highest BCUT2D eigenvalue weighted by atomic mass is 16.5. The second-order valence-electron chi connectivity index (χ2n) is 10.5. The molecule has 1 unspecified atom stereocenters. The number of nitrogens with one attached hydrogen (secondary N) is 1. The zero-order valence-electron chi connectivity index (χ0n) is 21.9. The number of hydrogen-bond donors (Lipinski definition) is 2. The van der Waals surface area contributed by atoms with E-state index in [1.165, 1.54) is 4.90 Å². The van der Waals surface area contributed by atoms with Gasteiger partial charge < -0.3 is 20.1 Å². The fraction of sp³-hybridized carbons (Fsp3) is 0.344. The molecule has 7 nitrogen and oxygen atoms in total. The Morgan fingerprint density at radius 2 is 1.46 bits per heavy atom. The van der Waals surface area contributed by atoms with Gasteiger partial charge in [-0.3, -0.25) is 9.59 Å². The number of hydrogen-bond acceptors (Lipinski definition) is 4. The standard InChI is InChI=1S/C32H34N2O5/c35-30(34(20-31(36)37)19-22-10-2-1-3-11-22)18-29(23-12-4-5-13-23)33-32(38)39-21-28-26-16-8-6-14-24(26)25-15-7-9-17-27(25)28/h1-3,6-11,14-17,23,28-29H,4-5,12-13,18-21H2,(H,33,38)(H,36,37). The van der Waals surface area contributed by atoms with Crippen LogP contribution in [-0.2, 0) is 20.9 Å². The van der Waals surface area contributed by atoms with Crippen molar-refractivity contribution >= 4 is 18.0 Å². The van der Waals surface area contributed by atoms with Crippen molar-refractivity contribution < 1.29 is 24.2 Å². The summed E-state index contributed by atoms with van der Waals surface area (Å²) in [4.78, 5) is 39.3. The fourth-order valence-corrected chi connectivity index (χ4v) is 6.00. The van der Waals surface area contributed by atoms with E-state index in [9.17, 15) is 19.5 Å². The van der Waals surface area contributed by atoms with Crippen molar-refractivity contribution in [3.63, 3.8) is 0 Å². The highest BCUT2D eigenvalue weighted by Crippen LogP contribution is 2.44. The van der Waals surface area contributed by atoms with Crippen LogP contribution in [0.15, 0.2) is 78.9 Å². The Bertz CT molecular complexity index is 1270. The molecule has 0 aliphatic heterocycles. The third-order valence-corrected chi connectivity index (χ3v) is 7.91. The maximum atomic E-state index is 13.3. The average molecular weight is 527 g/mol. The lowest BCUT2D eigenvalue weighted by molar-refractivity contribution is -0.145. The molecule has 2 aliphatic rings. The van der Waals surface area contributed by atoms with Crippen molar-refractivity contribution in [1.29, 1.82) is 0 Å². The number of ether oxygens (including phenoxy) is 1. The molecule has 5 rings (SSSR count). The van der Waals surface area contributed by atoms with Crippen LogP contribution in [0.2, 0.25) is 0 Å². The summed E-state index contributed by atoms with van der Waals surface area (Å²) in [5, 5.41) is 12.4. The van der Waals surface area contributed by atoms with Crippen molar-refractivity contribution in [3.8, 4) is 11.1 Å².